The van der Waals surface area contributed by atoms with E-state index in [-0.39, 0.29) is 5.91 Å². The molecule has 2 aliphatic heterocycles. The van der Waals surface area contributed by atoms with Gasteiger partial charge in [0.05, 0.1) is 6.54 Å². The number of amides is 1. The van der Waals surface area contributed by atoms with E-state index in [0.29, 0.717) is 24.5 Å². The molecule has 138 valence electrons. The fraction of sp³-hybridized carbons (Fsp3) is 0.650. The third-order valence-corrected chi connectivity index (χ3v) is 5.87. The molecule has 3 rings (SSSR count). The van der Waals surface area contributed by atoms with Crippen molar-refractivity contribution in [1.82, 2.24) is 14.7 Å². The van der Waals surface area contributed by atoms with Gasteiger partial charge < -0.3 is 10.2 Å². The summed E-state index contributed by atoms with van der Waals surface area (Å²) in [5, 5.41) is 2.98. The number of carbonyl (C=O) groups excluding carboxylic acids is 1. The standard InChI is InChI=1S/C20H32N4O/c1-16-14-22(3)17(2)13-19(16)24-11-9-23(10-12-24)15-20(25)21-18-7-5-4-6-8-18/h4-8,16-17,19H,9-15H2,1-3H3,(H,21,25)/t16-,17-,19+/m1/s1. The highest BCUT2D eigenvalue weighted by Gasteiger charge is 2.34. The minimum atomic E-state index is 0.0842. The van der Waals surface area contributed by atoms with Gasteiger partial charge in [-0.15, -0.1) is 0 Å². The van der Waals surface area contributed by atoms with E-state index in [0.717, 1.165) is 31.9 Å². The average Bonchev–Trinajstić information content (AvgIpc) is 2.60. The molecule has 0 saturated carbocycles. The second-order valence-electron chi connectivity index (χ2n) is 7.80. The molecule has 0 radical (unpaired) electrons. The largest absolute Gasteiger partial charge is 0.325 e. The lowest BCUT2D eigenvalue weighted by molar-refractivity contribution is -0.117. The van der Waals surface area contributed by atoms with Crippen LogP contribution >= 0.6 is 0 Å². The highest BCUT2D eigenvalue weighted by molar-refractivity contribution is 5.92. The zero-order valence-electron chi connectivity index (χ0n) is 15.8. The molecule has 25 heavy (non-hydrogen) atoms. The fourth-order valence-corrected chi connectivity index (χ4v) is 4.20. The molecule has 2 fully saturated rings. The molecule has 2 heterocycles. The van der Waals surface area contributed by atoms with Gasteiger partial charge in [0.2, 0.25) is 5.91 Å². The van der Waals surface area contributed by atoms with Crippen LogP contribution in [-0.4, -0.2) is 79.0 Å². The molecule has 3 atom stereocenters. The number of rotatable bonds is 4. The van der Waals surface area contributed by atoms with Crippen LogP contribution in [0.3, 0.4) is 0 Å². The van der Waals surface area contributed by atoms with Crippen molar-refractivity contribution in [3.63, 3.8) is 0 Å². The normalized spacial score (nSPS) is 29.5. The van der Waals surface area contributed by atoms with E-state index in [4.69, 9.17) is 0 Å². The summed E-state index contributed by atoms with van der Waals surface area (Å²) in [6.45, 7) is 10.5. The number of hydrogen-bond donors (Lipinski definition) is 1. The summed E-state index contributed by atoms with van der Waals surface area (Å²) < 4.78 is 0. The summed E-state index contributed by atoms with van der Waals surface area (Å²) in [6, 6.07) is 11.1. The predicted octanol–water partition coefficient (Wildman–Crippen LogP) is 1.97. The number of piperidine rings is 1. The Balaban J connectivity index is 1.45. The van der Waals surface area contributed by atoms with Crippen molar-refractivity contribution < 1.29 is 4.79 Å². The number of hydrogen-bond acceptors (Lipinski definition) is 4. The summed E-state index contributed by atoms with van der Waals surface area (Å²) in [5.41, 5.74) is 0.875. The summed E-state index contributed by atoms with van der Waals surface area (Å²) >= 11 is 0. The lowest BCUT2D eigenvalue weighted by atomic mass is 9.88. The van der Waals surface area contributed by atoms with Gasteiger partial charge in [0, 0.05) is 50.5 Å². The lowest BCUT2D eigenvalue weighted by Gasteiger charge is -2.47. The molecule has 5 nitrogen and oxygen atoms in total. The SMILES string of the molecule is C[C@@H]1CN(C)[C@H](C)C[C@@H]1N1CCN(CC(=O)Nc2ccccc2)CC1. The number of anilines is 1. The summed E-state index contributed by atoms with van der Waals surface area (Å²) in [4.78, 5) is 19.6. The van der Waals surface area contributed by atoms with E-state index in [2.05, 4.69) is 40.9 Å². The molecule has 0 aliphatic carbocycles. The molecule has 2 saturated heterocycles. The summed E-state index contributed by atoms with van der Waals surface area (Å²) in [5.74, 6) is 0.801. The second kappa shape index (κ2) is 8.30. The monoisotopic (exact) mass is 344 g/mol. The van der Waals surface area contributed by atoms with Crippen LogP contribution in [0.25, 0.3) is 0 Å². The van der Waals surface area contributed by atoms with Gasteiger partial charge in [-0.2, -0.15) is 0 Å². The average molecular weight is 345 g/mol. The molecule has 0 bridgehead atoms. The number of carbonyl (C=O) groups is 1. The first-order valence-electron chi connectivity index (χ1n) is 9.54. The fourth-order valence-electron chi connectivity index (χ4n) is 4.20. The van der Waals surface area contributed by atoms with Crippen LogP contribution in [0.2, 0.25) is 0 Å². The molecule has 5 heteroatoms. The molecule has 1 amide bonds. The van der Waals surface area contributed by atoms with Crippen molar-refractivity contribution in [1.29, 1.82) is 0 Å². The first kappa shape index (κ1) is 18.4. The van der Waals surface area contributed by atoms with Gasteiger partial charge in [0.1, 0.15) is 0 Å². The van der Waals surface area contributed by atoms with E-state index in [1.807, 2.05) is 30.3 Å². The van der Waals surface area contributed by atoms with Gasteiger partial charge in [0.25, 0.3) is 0 Å². The Morgan fingerprint density at radius 3 is 2.48 bits per heavy atom. The van der Waals surface area contributed by atoms with Crippen LogP contribution in [0, 0.1) is 5.92 Å². The second-order valence-corrected chi connectivity index (χ2v) is 7.80. The van der Waals surface area contributed by atoms with E-state index >= 15 is 0 Å². The van der Waals surface area contributed by atoms with Gasteiger partial charge >= 0.3 is 0 Å². The quantitative estimate of drug-likeness (QED) is 0.906. The molecule has 1 aromatic rings. The van der Waals surface area contributed by atoms with Gasteiger partial charge in [-0.1, -0.05) is 25.1 Å². The third kappa shape index (κ3) is 4.81. The first-order valence-corrected chi connectivity index (χ1v) is 9.54. The number of nitrogens with zero attached hydrogens (tertiary/aromatic N) is 3. The van der Waals surface area contributed by atoms with Crippen molar-refractivity contribution in [2.45, 2.75) is 32.4 Å². The minimum Gasteiger partial charge on any atom is -0.325 e. The first-order chi connectivity index (χ1) is 12.0. The highest BCUT2D eigenvalue weighted by Crippen LogP contribution is 2.26. The number of piperazine rings is 1. The zero-order chi connectivity index (χ0) is 17.8. The minimum absolute atomic E-state index is 0.0842. The highest BCUT2D eigenvalue weighted by atomic mass is 16.2. The number of nitrogens with one attached hydrogen (secondary N) is 1. The maximum Gasteiger partial charge on any atom is 0.238 e. The molecule has 1 N–H and O–H groups in total. The van der Waals surface area contributed by atoms with Crippen LogP contribution in [0.5, 0.6) is 0 Å². The van der Waals surface area contributed by atoms with E-state index < -0.39 is 0 Å². The number of likely N-dealkylation sites (tertiary alicyclic amines) is 1. The zero-order valence-corrected chi connectivity index (χ0v) is 15.8. The van der Waals surface area contributed by atoms with Crippen molar-refractivity contribution in [2.75, 3.05) is 51.6 Å². The number of benzene rings is 1. The van der Waals surface area contributed by atoms with Crippen molar-refractivity contribution >= 4 is 11.6 Å². The smallest absolute Gasteiger partial charge is 0.238 e. The van der Waals surface area contributed by atoms with Crippen molar-refractivity contribution in [2.24, 2.45) is 5.92 Å². The van der Waals surface area contributed by atoms with Gasteiger partial charge in [-0.25, -0.2) is 0 Å². The van der Waals surface area contributed by atoms with Gasteiger partial charge in [-0.3, -0.25) is 14.6 Å². The van der Waals surface area contributed by atoms with Crippen LogP contribution in [0.15, 0.2) is 30.3 Å². The molecule has 0 unspecified atom stereocenters. The topological polar surface area (TPSA) is 38.8 Å². The Hall–Kier alpha value is -1.43. The number of para-hydroxylation sites is 1. The Morgan fingerprint density at radius 1 is 1.12 bits per heavy atom. The van der Waals surface area contributed by atoms with E-state index in [9.17, 15) is 4.79 Å². The predicted molar refractivity (Wildman–Crippen MR) is 103 cm³/mol. The molecule has 1 aromatic carbocycles. The van der Waals surface area contributed by atoms with Crippen molar-refractivity contribution in [3.05, 3.63) is 30.3 Å². The Morgan fingerprint density at radius 2 is 1.80 bits per heavy atom. The Kier molecular flexibility index (Phi) is 6.10. The van der Waals surface area contributed by atoms with Crippen LogP contribution in [-0.2, 0) is 4.79 Å². The van der Waals surface area contributed by atoms with Crippen molar-refractivity contribution in [3.8, 4) is 0 Å². The molecule has 2 aliphatic rings. The molecular formula is C20H32N4O. The van der Waals surface area contributed by atoms with Gasteiger partial charge in [-0.05, 0) is 38.4 Å². The lowest BCUT2D eigenvalue weighted by Crippen LogP contribution is -2.57. The Bertz CT molecular complexity index is 556. The van der Waals surface area contributed by atoms with Gasteiger partial charge in [0.15, 0.2) is 0 Å². The van der Waals surface area contributed by atoms with Crippen LogP contribution in [0.1, 0.15) is 20.3 Å². The molecule has 0 spiro atoms. The maximum atomic E-state index is 12.2. The third-order valence-electron chi connectivity index (χ3n) is 5.87. The van der Waals surface area contributed by atoms with Crippen LogP contribution in [0.4, 0.5) is 5.69 Å². The summed E-state index contributed by atoms with van der Waals surface area (Å²) in [6.07, 6.45) is 1.26. The van der Waals surface area contributed by atoms with E-state index in [1.165, 1.54) is 13.0 Å². The molecular weight excluding hydrogens is 312 g/mol. The van der Waals surface area contributed by atoms with E-state index in [1.54, 1.807) is 0 Å². The Labute approximate surface area is 152 Å². The summed E-state index contributed by atoms with van der Waals surface area (Å²) in [7, 11) is 2.24. The maximum absolute atomic E-state index is 12.2. The van der Waals surface area contributed by atoms with Crippen LogP contribution < -0.4 is 5.32 Å². The molecule has 0 aromatic heterocycles.